The van der Waals surface area contributed by atoms with Crippen LogP contribution in [0.1, 0.15) is 133 Å². The maximum absolute atomic E-state index is 14.3. The Morgan fingerprint density at radius 3 is 1.05 bits per heavy atom. The fourth-order valence-corrected chi connectivity index (χ4v) is 10.5. The quantitative estimate of drug-likeness (QED) is 0.0199. The van der Waals surface area contributed by atoms with Gasteiger partial charge < -0.3 is 117 Å². The molecule has 0 heterocycles. The minimum atomic E-state index is -1.88. The summed E-state index contributed by atoms with van der Waals surface area (Å²) in [5.41, 5.74) is 17.4. The summed E-state index contributed by atoms with van der Waals surface area (Å²) < 4.78 is 0. The van der Waals surface area contributed by atoms with Gasteiger partial charge in [0.05, 0.1) is 18.8 Å². The zero-order valence-corrected chi connectivity index (χ0v) is 63.4. The van der Waals surface area contributed by atoms with E-state index in [1.165, 1.54) is 46.4 Å². The maximum atomic E-state index is 14.3. The van der Waals surface area contributed by atoms with Gasteiger partial charge in [0.25, 0.3) is 0 Å². The average Bonchev–Trinajstić information content (AvgIpc) is 0.854. The van der Waals surface area contributed by atoms with Crippen LogP contribution in [0.25, 0.3) is 0 Å². The molecule has 0 spiro atoms. The fourth-order valence-electron chi connectivity index (χ4n) is 9.54. The lowest BCUT2D eigenvalue weighted by molar-refractivity contribution is -0.139. The molecule has 0 rings (SSSR count). The number of nitrogens with two attached hydrogens (primary N) is 3. The van der Waals surface area contributed by atoms with Crippen LogP contribution in [0.15, 0.2) is 0 Å². The van der Waals surface area contributed by atoms with Crippen molar-refractivity contribution >= 4 is 138 Å². The number of hydrogen-bond acceptors (Lipinski definition) is 25. The van der Waals surface area contributed by atoms with E-state index in [4.69, 9.17) is 22.3 Å². The molecule has 0 aliphatic rings. The molecule has 105 heavy (non-hydrogen) atoms. The van der Waals surface area contributed by atoms with Crippen molar-refractivity contribution in [2.75, 3.05) is 49.8 Å². The van der Waals surface area contributed by atoms with E-state index >= 15 is 0 Å². The number of thiol groups is 2. The van der Waals surface area contributed by atoms with Crippen LogP contribution in [0.3, 0.4) is 0 Å². The third-order valence-corrected chi connectivity index (χ3v) is 17.2. The van der Waals surface area contributed by atoms with Crippen molar-refractivity contribution in [3.05, 3.63) is 0 Å². The van der Waals surface area contributed by atoms with Crippen LogP contribution in [0.2, 0.25) is 0 Å². The van der Waals surface area contributed by atoms with E-state index in [1.54, 1.807) is 13.8 Å². The topological polar surface area (TPSA) is 638 Å². The second kappa shape index (κ2) is 51.1. The minimum absolute atomic E-state index is 0.0985. The number of aliphatic hydroxyl groups excluding tert-OH is 2. The number of carboxylic acids is 3. The Labute approximate surface area is 624 Å². The van der Waals surface area contributed by atoms with E-state index in [9.17, 15) is 102 Å². The Kier molecular flexibility index (Phi) is 47.2. The van der Waals surface area contributed by atoms with Gasteiger partial charge in [0.1, 0.15) is 85.1 Å². The number of aliphatic carboxylic acids is 3. The zero-order chi connectivity index (χ0) is 80.5. The highest BCUT2D eigenvalue weighted by Gasteiger charge is 2.39. The zero-order valence-electron chi connectivity index (χ0n) is 60.8. The van der Waals surface area contributed by atoms with Crippen LogP contribution < -0.4 is 91.6 Å². The molecule has 42 heteroatoms. The van der Waals surface area contributed by atoms with Crippen molar-refractivity contribution < 1.29 is 107 Å². The SMILES string of the molecule is CSCC[C@H](N)C(=O)N[C@@H](CCCCN)C(=O)N[C@@H](C)C(=O)N[C@H](C(=O)N[C@@H](CS)C(=O)N[C@H](C(=O)N[C@@H](CCC(=O)O)C(=O)N[C@H](C(=O)N[C@@H](CCC(=O)O)C(=O)N[C@@H](CCCCN)C(=O)N[C@H](C(=O)N[C@@H](C)C(=O)N[C@@H](CO)C(=O)N[C@@H](CS)C(=O)NCC(=O)O)[C@@H](C)O)C(C)C)C(C)C)C(C)C. The summed E-state index contributed by atoms with van der Waals surface area (Å²) in [4.78, 5) is 226. The van der Waals surface area contributed by atoms with E-state index in [2.05, 4.69) is 94.4 Å². The minimum Gasteiger partial charge on any atom is -0.481 e. The fraction of sp³-hybridized carbons (Fsp3) is 0.730. The summed E-state index contributed by atoms with van der Waals surface area (Å²) >= 11 is 9.69. The van der Waals surface area contributed by atoms with E-state index in [0.717, 1.165) is 13.8 Å². The summed E-state index contributed by atoms with van der Waals surface area (Å²) in [6, 6.07) is -20.9. The first-order valence-electron chi connectivity index (χ1n) is 34.2. The lowest BCUT2D eigenvalue weighted by Crippen LogP contribution is -2.62. The number of rotatable bonds is 53. The van der Waals surface area contributed by atoms with Crippen molar-refractivity contribution in [2.45, 2.75) is 224 Å². The molecule has 0 aliphatic heterocycles. The number of hydrogen-bond donors (Lipinski definition) is 24. The van der Waals surface area contributed by atoms with Gasteiger partial charge in [-0.15, -0.1) is 0 Å². The predicted octanol–water partition coefficient (Wildman–Crippen LogP) is -7.20. The van der Waals surface area contributed by atoms with Crippen LogP contribution in [0.5, 0.6) is 0 Å². The molecule has 15 atom stereocenters. The molecular weight excluding hydrogens is 1440 g/mol. The van der Waals surface area contributed by atoms with Crippen molar-refractivity contribution in [1.82, 2.24) is 74.4 Å². The highest BCUT2D eigenvalue weighted by atomic mass is 32.2. The van der Waals surface area contributed by atoms with Crippen LogP contribution in [0, 0.1) is 17.8 Å². The van der Waals surface area contributed by atoms with Crippen LogP contribution in [0.4, 0.5) is 0 Å². The normalized spacial score (nSPS) is 15.5. The summed E-state index contributed by atoms with van der Waals surface area (Å²) in [6.07, 6.45) is -0.908. The number of thioether (sulfide) groups is 1. The van der Waals surface area contributed by atoms with Gasteiger partial charge in [0.15, 0.2) is 0 Å². The first-order chi connectivity index (χ1) is 49.2. The van der Waals surface area contributed by atoms with Gasteiger partial charge in [-0.2, -0.15) is 37.0 Å². The molecule has 25 N–H and O–H groups in total. The third kappa shape index (κ3) is 37.1. The molecule has 0 bridgehead atoms. The molecule has 0 aromatic carbocycles. The number of nitrogens with one attached hydrogen (secondary N) is 14. The van der Waals surface area contributed by atoms with Crippen LogP contribution in [-0.2, 0) is 81.5 Å². The Bertz CT molecular complexity index is 2940. The smallest absolute Gasteiger partial charge is 0.322 e. The number of carboxylic acid groups (broad SMARTS) is 3. The molecule has 0 fully saturated rings. The van der Waals surface area contributed by atoms with Crippen molar-refractivity contribution in [3.8, 4) is 0 Å². The lowest BCUT2D eigenvalue weighted by atomic mass is 9.99. The molecule has 0 aromatic heterocycles. The highest BCUT2D eigenvalue weighted by molar-refractivity contribution is 7.98. The Balaban J connectivity index is 6.67. The highest BCUT2D eigenvalue weighted by Crippen LogP contribution is 2.13. The molecule has 0 radical (unpaired) electrons. The van der Waals surface area contributed by atoms with E-state index in [1.807, 2.05) is 11.6 Å². The van der Waals surface area contributed by atoms with E-state index in [0.29, 0.717) is 31.6 Å². The Morgan fingerprint density at radius 1 is 0.362 bits per heavy atom. The van der Waals surface area contributed by atoms with Crippen molar-refractivity contribution in [1.29, 1.82) is 0 Å². The van der Waals surface area contributed by atoms with E-state index in [-0.39, 0.29) is 43.7 Å². The Morgan fingerprint density at radius 2 is 0.667 bits per heavy atom. The summed E-state index contributed by atoms with van der Waals surface area (Å²) in [7, 11) is 0. The van der Waals surface area contributed by atoms with Crippen LogP contribution in [-0.4, -0.2) is 267 Å². The van der Waals surface area contributed by atoms with Gasteiger partial charge >= 0.3 is 17.9 Å². The molecule has 0 unspecified atom stereocenters. The largest absolute Gasteiger partial charge is 0.481 e. The molecule has 0 saturated carbocycles. The lowest BCUT2D eigenvalue weighted by Gasteiger charge is -2.30. The molecule has 0 aromatic rings. The Hall–Kier alpha value is -8.16. The molecule has 0 saturated heterocycles. The predicted molar refractivity (Wildman–Crippen MR) is 389 cm³/mol. The van der Waals surface area contributed by atoms with Gasteiger partial charge in [0.2, 0.25) is 82.7 Å². The maximum Gasteiger partial charge on any atom is 0.322 e. The van der Waals surface area contributed by atoms with E-state index < -0.39 is 248 Å². The van der Waals surface area contributed by atoms with Gasteiger partial charge in [-0.25, -0.2) is 0 Å². The standard InChI is InChI=1S/C63H111N17O22S3/c1-29(2)46(77-51(90)33(8)68-54(93)36(15-11-13-22-64)70-52(91)35(66)21-24-105-10)62(101)76-42(28-104)59(98)79-48(31(5)6)61(100)73-39(18-20-44(85)86)57(96)78-47(30(3)4)60(99)72-38(17-19-43(83)84)55(94)71-37(16-12-14-23-65)56(95)80-49(34(9)82)63(102)69-32(7)50(89)74-40(26-81)58(97)75-41(27-103)53(92)67-25-45(87)88/h29-42,46-49,81-82,103-104H,11-28,64-66H2,1-10H3,(H,67,92)(H,68,93)(H,69,102)(H,70,91)(H,71,94)(H,72,99)(H,73,100)(H,74,89)(H,75,97)(H,76,101)(H,77,90)(H,78,96)(H,79,98)(H,80,95)(H,83,84)(H,85,86)(H,87,88)/t32-,33-,34+,35-,36-,37-,38-,39-,40-,41-,42-,46-,47-,48-,49-/m0/s1. The third-order valence-electron chi connectivity index (χ3n) is 15.9. The number of carbonyl (C=O) groups excluding carboxylic acids is 14. The van der Waals surface area contributed by atoms with Crippen molar-refractivity contribution in [2.24, 2.45) is 35.0 Å². The number of carbonyl (C=O) groups is 17. The molecule has 39 nitrogen and oxygen atoms in total. The number of amides is 14. The monoisotopic (exact) mass is 1550 g/mol. The van der Waals surface area contributed by atoms with Crippen molar-refractivity contribution in [3.63, 3.8) is 0 Å². The van der Waals surface area contributed by atoms with Gasteiger partial charge in [0, 0.05) is 24.3 Å². The average molecular weight is 1550 g/mol. The summed E-state index contributed by atoms with van der Waals surface area (Å²) in [6.45, 7) is 11.2. The summed E-state index contributed by atoms with van der Waals surface area (Å²) in [5.74, 6) is -20.5. The molecular formula is C63H111N17O22S3. The number of aliphatic hydroxyl groups is 2. The first-order valence-corrected chi connectivity index (χ1v) is 36.9. The molecule has 598 valence electrons. The number of unbranched alkanes of at least 4 members (excludes halogenated alkanes) is 2. The second-order valence-corrected chi connectivity index (χ2v) is 27.5. The summed E-state index contributed by atoms with van der Waals surface area (Å²) in [5, 5.41) is 82.2. The van der Waals surface area contributed by atoms with Crippen LogP contribution >= 0.6 is 37.0 Å². The molecule has 0 aliphatic carbocycles. The molecule has 14 amide bonds. The second-order valence-electron chi connectivity index (χ2n) is 25.8. The van der Waals surface area contributed by atoms with Gasteiger partial charge in [-0.3, -0.25) is 81.5 Å². The van der Waals surface area contributed by atoms with Gasteiger partial charge in [-0.1, -0.05) is 41.5 Å². The van der Waals surface area contributed by atoms with Gasteiger partial charge in [-0.05, 0) is 121 Å². The first kappa shape index (κ1) is 96.8.